The second-order valence-electron chi connectivity index (χ2n) is 4.98. The average Bonchev–Trinajstić information content (AvgIpc) is 2.38. The largest absolute Gasteiger partial charge is 0.391 e. The van der Waals surface area contributed by atoms with Crippen molar-refractivity contribution in [3.63, 3.8) is 0 Å². The predicted octanol–water partition coefficient (Wildman–Crippen LogP) is 1.03. The van der Waals surface area contributed by atoms with Gasteiger partial charge in [0.1, 0.15) is 10.7 Å². The third-order valence-electron chi connectivity index (χ3n) is 3.08. The van der Waals surface area contributed by atoms with E-state index in [1.165, 1.54) is 7.05 Å². The van der Waals surface area contributed by atoms with Crippen LogP contribution in [-0.4, -0.2) is 57.0 Å². The first kappa shape index (κ1) is 18.0. The van der Waals surface area contributed by atoms with Crippen molar-refractivity contribution in [3.05, 3.63) is 29.3 Å². The SMILES string of the molecule is CN(C)CCCN(C)S(=O)(=O)c1ccc(F)c(CO)c1F. The fourth-order valence-corrected chi connectivity index (χ4v) is 3.11. The van der Waals surface area contributed by atoms with Crippen molar-refractivity contribution < 1.29 is 22.3 Å². The number of aliphatic hydroxyl groups excluding tert-OH is 1. The lowest BCUT2D eigenvalue weighted by molar-refractivity contribution is 0.267. The van der Waals surface area contributed by atoms with Crippen molar-refractivity contribution in [2.75, 3.05) is 34.2 Å². The fourth-order valence-electron chi connectivity index (χ4n) is 1.82. The monoisotopic (exact) mass is 322 g/mol. The van der Waals surface area contributed by atoms with Crippen LogP contribution in [0.1, 0.15) is 12.0 Å². The Bertz CT molecular complexity index is 591. The molecule has 0 fully saturated rings. The van der Waals surface area contributed by atoms with Gasteiger partial charge in [-0.3, -0.25) is 0 Å². The van der Waals surface area contributed by atoms with E-state index in [1.54, 1.807) is 0 Å². The zero-order valence-corrected chi connectivity index (χ0v) is 13.1. The molecule has 0 heterocycles. The normalized spacial score (nSPS) is 12.4. The highest BCUT2D eigenvalue weighted by Gasteiger charge is 2.27. The summed E-state index contributed by atoms with van der Waals surface area (Å²) in [5.74, 6) is -2.21. The molecule has 1 N–H and O–H groups in total. The molecule has 0 saturated carbocycles. The Balaban J connectivity index is 3.03. The van der Waals surface area contributed by atoms with Crippen LogP contribution >= 0.6 is 0 Å². The zero-order valence-electron chi connectivity index (χ0n) is 12.3. The van der Waals surface area contributed by atoms with Gasteiger partial charge in [-0.1, -0.05) is 0 Å². The summed E-state index contributed by atoms with van der Waals surface area (Å²) >= 11 is 0. The molecule has 0 aromatic heterocycles. The van der Waals surface area contributed by atoms with E-state index in [9.17, 15) is 17.2 Å². The second kappa shape index (κ2) is 7.26. The van der Waals surface area contributed by atoms with E-state index in [0.717, 1.165) is 16.4 Å². The molecule has 0 amide bonds. The van der Waals surface area contributed by atoms with Gasteiger partial charge in [-0.25, -0.2) is 21.5 Å². The molecule has 0 aliphatic rings. The molecule has 0 unspecified atom stereocenters. The molecule has 21 heavy (non-hydrogen) atoms. The van der Waals surface area contributed by atoms with Crippen molar-refractivity contribution in [3.8, 4) is 0 Å². The molecule has 0 bridgehead atoms. The number of sulfonamides is 1. The highest BCUT2D eigenvalue weighted by Crippen LogP contribution is 2.23. The molecule has 8 heteroatoms. The van der Waals surface area contributed by atoms with Crippen LogP contribution in [0, 0.1) is 11.6 Å². The maximum Gasteiger partial charge on any atom is 0.245 e. The summed E-state index contributed by atoms with van der Waals surface area (Å²) in [6, 6.07) is 1.72. The van der Waals surface area contributed by atoms with E-state index in [-0.39, 0.29) is 6.54 Å². The summed E-state index contributed by atoms with van der Waals surface area (Å²) in [6.45, 7) is 0.00477. The minimum absolute atomic E-state index is 0.214. The molecule has 5 nitrogen and oxygen atoms in total. The van der Waals surface area contributed by atoms with Crippen molar-refractivity contribution in [2.24, 2.45) is 0 Å². The average molecular weight is 322 g/mol. The van der Waals surface area contributed by atoms with E-state index < -0.39 is 38.7 Å². The summed E-state index contributed by atoms with van der Waals surface area (Å²) in [4.78, 5) is 1.28. The topological polar surface area (TPSA) is 60.9 Å². The summed E-state index contributed by atoms with van der Waals surface area (Å²) in [7, 11) is 1.01. The minimum atomic E-state index is -4.05. The molecular weight excluding hydrogens is 302 g/mol. The summed E-state index contributed by atoms with van der Waals surface area (Å²) in [5.41, 5.74) is -0.641. The molecule has 0 radical (unpaired) electrons. The molecule has 1 aromatic carbocycles. The molecular formula is C13H20F2N2O3S. The van der Waals surface area contributed by atoms with Crippen LogP contribution < -0.4 is 0 Å². The van der Waals surface area contributed by atoms with Crippen LogP contribution in [0.15, 0.2) is 17.0 Å². The van der Waals surface area contributed by atoms with Gasteiger partial charge in [-0.2, -0.15) is 0 Å². The predicted molar refractivity (Wildman–Crippen MR) is 75.3 cm³/mol. The van der Waals surface area contributed by atoms with E-state index in [0.29, 0.717) is 13.0 Å². The Kier molecular flexibility index (Phi) is 6.21. The number of benzene rings is 1. The van der Waals surface area contributed by atoms with Gasteiger partial charge in [0.25, 0.3) is 0 Å². The van der Waals surface area contributed by atoms with Gasteiger partial charge in [0.15, 0.2) is 5.82 Å². The molecule has 0 aliphatic carbocycles. The van der Waals surface area contributed by atoms with Crippen LogP contribution in [0.25, 0.3) is 0 Å². The van der Waals surface area contributed by atoms with Gasteiger partial charge in [0.2, 0.25) is 10.0 Å². The zero-order chi connectivity index (χ0) is 16.2. The number of hydrogen-bond donors (Lipinski definition) is 1. The van der Waals surface area contributed by atoms with E-state index in [4.69, 9.17) is 5.11 Å². The smallest absolute Gasteiger partial charge is 0.245 e. The highest BCUT2D eigenvalue weighted by atomic mass is 32.2. The van der Waals surface area contributed by atoms with E-state index >= 15 is 0 Å². The number of halogens is 2. The maximum absolute atomic E-state index is 14.0. The van der Waals surface area contributed by atoms with Crippen LogP contribution in [0.2, 0.25) is 0 Å². The van der Waals surface area contributed by atoms with E-state index in [2.05, 4.69) is 0 Å². The molecule has 0 atom stereocenters. The lowest BCUT2D eigenvalue weighted by Gasteiger charge is -2.19. The maximum atomic E-state index is 14.0. The van der Waals surface area contributed by atoms with Crippen LogP contribution in [0.3, 0.4) is 0 Å². The standard InChI is InChI=1S/C13H20F2N2O3S/c1-16(2)7-4-8-17(3)21(19,20)12-6-5-11(14)10(9-18)13(12)15/h5-6,18H,4,7-9H2,1-3H3. The first-order valence-electron chi connectivity index (χ1n) is 6.40. The van der Waals surface area contributed by atoms with Gasteiger partial charge in [0.05, 0.1) is 12.2 Å². The summed E-state index contributed by atoms with van der Waals surface area (Å²) in [5, 5.41) is 8.94. The lowest BCUT2D eigenvalue weighted by atomic mass is 10.2. The van der Waals surface area contributed by atoms with Crippen LogP contribution in [-0.2, 0) is 16.6 Å². The molecule has 120 valence electrons. The number of aliphatic hydroxyl groups is 1. The van der Waals surface area contributed by atoms with Gasteiger partial charge < -0.3 is 10.0 Å². The second-order valence-corrected chi connectivity index (χ2v) is 6.99. The van der Waals surface area contributed by atoms with Gasteiger partial charge >= 0.3 is 0 Å². The Morgan fingerprint density at radius 3 is 2.29 bits per heavy atom. The lowest BCUT2D eigenvalue weighted by Crippen LogP contribution is -2.30. The van der Waals surface area contributed by atoms with Crippen molar-refractivity contribution in [1.29, 1.82) is 0 Å². The van der Waals surface area contributed by atoms with E-state index in [1.807, 2.05) is 19.0 Å². The Hall–Kier alpha value is -1.09. The third kappa shape index (κ3) is 4.19. The van der Waals surface area contributed by atoms with Gasteiger partial charge in [-0.15, -0.1) is 0 Å². The van der Waals surface area contributed by atoms with Gasteiger partial charge in [0, 0.05) is 13.6 Å². The molecule has 1 rings (SSSR count). The quantitative estimate of drug-likeness (QED) is 0.814. The van der Waals surface area contributed by atoms with Crippen molar-refractivity contribution in [1.82, 2.24) is 9.21 Å². The summed E-state index contributed by atoms with van der Waals surface area (Å²) in [6.07, 6.45) is 0.582. The van der Waals surface area contributed by atoms with Crippen LogP contribution in [0.4, 0.5) is 8.78 Å². The molecule has 1 aromatic rings. The van der Waals surface area contributed by atoms with Gasteiger partial charge in [-0.05, 0) is 39.2 Å². The number of hydrogen-bond acceptors (Lipinski definition) is 4. The first-order valence-corrected chi connectivity index (χ1v) is 7.84. The molecule has 0 aliphatic heterocycles. The van der Waals surface area contributed by atoms with Crippen LogP contribution in [0.5, 0.6) is 0 Å². The molecule has 0 saturated heterocycles. The Morgan fingerprint density at radius 1 is 1.14 bits per heavy atom. The fraction of sp³-hybridized carbons (Fsp3) is 0.538. The molecule has 0 spiro atoms. The third-order valence-corrected chi connectivity index (χ3v) is 4.95. The summed E-state index contributed by atoms with van der Waals surface area (Å²) < 4.78 is 52.9. The highest BCUT2D eigenvalue weighted by molar-refractivity contribution is 7.89. The minimum Gasteiger partial charge on any atom is -0.391 e. The first-order chi connectivity index (χ1) is 9.71. The number of nitrogens with zero attached hydrogens (tertiary/aromatic N) is 2. The van der Waals surface area contributed by atoms with Crippen molar-refractivity contribution in [2.45, 2.75) is 17.9 Å². The van der Waals surface area contributed by atoms with Crippen molar-refractivity contribution >= 4 is 10.0 Å². The number of rotatable bonds is 7. The Labute approximate surface area is 123 Å². The Morgan fingerprint density at radius 2 is 1.76 bits per heavy atom.